The molecule has 0 aliphatic carbocycles. The van der Waals surface area contributed by atoms with Gasteiger partial charge < -0.3 is 9.64 Å². The number of hydrogen-bond donors (Lipinski definition) is 0. The Balaban J connectivity index is 1.63. The van der Waals surface area contributed by atoms with Crippen LogP contribution in [0.25, 0.3) is 0 Å². The highest BCUT2D eigenvalue weighted by atomic mass is 32.2. The molecule has 1 saturated heterocycles. The lowest BCUT2D eigenvalue weighted by Crippen LogP contribution is -2.38. The smallest absolute Gasteiger partial charge is 0.272 e. The molecule has 0 radical (unpaired) electrons. The van der Waals surface area contributed by atoms with Gasteiger partial charge in [0, 0.05) is 23.7 Å². The molecule has 0 unspecified atom stereocenters. The summed E-state index contributed by atoms with van der Waals surface area (Å²) in [5.74, 6) is 2.34. The number of benzene rings is 1. The number of pyridine rings is 1. The van der Waals surface area contributed by atoms with Crippen LogP contribution in [0.5, 0.6) is 5.75 Å². The van der Waals surface area contributed by atoms with E-state index in [1.54, 1.807) is 18.9 Å². The lowest BCUT2D eigenvalue weighted by atomic mass is 9.99. The fraction of sp³-hybridized carbons (Fsp3) is 0.400. The maximum Gasteiger partial charge on any atom is 0.272 e. The summed E-state index contributed by atoms with van der Waals surface area (Å²) in [5.41, 5.74) is 1.47. The van der Waals surface area contributed by atoms with E-state index in [1.807, 2.05) is 41.3 Å². The largest absolute Gasteiger partial charge is 0.497 e. The van der Waals surface area contributed by atoms with E-state index in [9.17, 15) is 4.79 Å². The maximum absolute atomic E-state index is 12.7. The van der Waals surface area contributed by atoms with Crippen molar-refractivity contribution in [3.05, 3.63) is 53.9 Å². The number of amides is 1. The van der Waals surface area contributed by atoms with Crippen LogP contribution in [-0.2, 0) is 5.75 Å². The predicted molar refractivity (Wildman–Crippen MR) is 101 cm³/mol. The Morgan fingerprint density at radius 1 is 1.24 bits per heavy atom. The minimum Gasteiger partial charge on any atom is -0.497 e. The Bertz CT molecular complexity index is 727. The van der Waals surface area contributed by atoms with Crippen LogP contribution in [0.2, 0.25) is 0 Å². The number of aromatic nitrogens is 1. The average Bonchev–Trinajstić information content (AvgIpc) is 2.67. The molecule has 1 aromatic heterocycles. The van der Waals surface area contributed by atoms with Gasteiger partial charge >= 0.3 is 0 Å². The van der Waals surface area contributed by atoms with Crippen LogP contribution in [-0.4, -0.2) is 36.0 Å². The molecule has 0 atom stereocenters. The number of ether oxygens (including phenoxy) is 1. The Labute approximate surface area is 153 Å². The topological polar surface area (TPSA) is 42.4 Å². The number of rotatable bonds is 5. The van der Waals surface area contributed by atoms with E-state index in [1.165, 1.54) is 0 Å². The number of piperidine rings is 1. The first kappa shape index (κ1) is 17.8. The van der Waals surface area contributed by atoms with Gasteiger partial charge in [-0.15, -0.1) is 11.8 Å². The third kappa shape index (κ3) is 4.75. The van der Waals surface area contributed by atoms with Crippen molar-refractivity contribution in [1.82, 2.24) is 9.88 Å². The van der Waals surface area contributed by atoms with Gasteiger partial charge in [0.05, 0.1) is 12.8 Å². The normalized spacial score (nSPS) is 15.2. The molecule has 4 nitrogen and oxygen atoms in total. The summed E-state index contributed by atoms with van der Waals surface area (Å²) in [4.78, 5) is 20.3. The summed E-state index contributed by atoms with van der Waals surface area (Å²) in [6, 6.07) is 13.7. The summed E-state index contributed by atoms with van der Waals surface area (Å²) in [6.07, 6.45) is 2.16. The first-order valence-electron chi connectivity index (χ1n) is 8.68. The van der Waals surface area contributed by atoms with Crippen LogP contribution in [0.3, 0.4) is 0 Å². The quantitative estimate of drug-likeness (QED) is 0.751. The molecule has 0 spiro atoms. The number of methoxy groups -OCH3 is 1. The van der Waals surface area contributed by atoms with Gasteiger partial charge in [0.2, 0.25) is 0 Å². The first-order valence-corrected chi connectivity index (χ1v) is 9.66. The highest BCUT2D eigenvalue weighted by Crippen LogP contribution is 2.26. The number of carbonyl (C=O) groups is 1. The molecule has 2 heterocycles. The fourth-order valence-corrected chi connectivity index (χ4v) is 3.75. The van der Waals surface area contributed by atoms with Gasteiger partial charge in [-0.25, -0.2) is 4.98 Å². The van der Waals surface area contributed by atoms with E-state index in [0.717, 1.165) is 48.0 Å². The highest BCUT2D eigenvalue weighted by molar-refractivity contribution is 7.98. The SMILES string of the molecule is COc1cccc(SCc2cccc(C(=O)N3CCC(C)CC3)n2)c1. The van der Waals surface area contributed by atoms with Crippen LogP contribution in [0.4, 0.5) is 0 Å². The summed E-state index contributed by atoms with van der Waals surface area (Å²) < 4.78 is 5.25. The summed E-state index contributed by atoms with van der Waals surface area (Å²) in [5, 5.41) is 0. The Kier molecular flexibility index (Phi) is 5.97. The van der Waals surface area contributed by atoms with Crippen molar-refractivity contribution in [2.45, 2.75) is 30.4 Å². The molecule has 25 heavy (non-hydrogen) atoms. The molecule has 1 aromatic carbocycles. The second-order valence-corrected chi connectivity index (χ2v) is 7.51. The van der Waals surface area contributed by atoms with Crippen molar-refractivity contribution in [2.75, 3.05) is 20.2 Å². The summed E-state index contributed by atoms with van der Waals surface area (Å²) >= 11 is 1.69. The summed E-state index contributed by atoms with van der Waals surface area (Å²) in [6.45, 7) is 3.92. The zero-order chi connectivity index (χ0) is 17.6. The molecule has 1 aliphatic rings. The average molecular weight is 356 g/mol. The molecule has 132 valence electrons. The fourth-order valence-electron chi connectivity index (χ4n) is 2.90. The van der Waals surface area contributed by atoms with E-state index in [-0.39, 0.29) is 5.91 Å². The first-order chi connectivity index (χ1) is 12.2. The van der Waals surface area contributed by atoms with Crippen molar-refractivity contribution in [3.63, 3.8) is 0 Å². The molecule has 5 heteroatoms. The Morgan fingerprint density at radius 3 is 2.76 bits per heavy atom. The second kappa shape index (κ2) is 8.39. The highest BCUT2D eigenvalue weighted by Gasteiger charge is 2.22. The molecule has 0 bridgehead atoms. The van der Waals surface area contributed by atoms with E-state index < -0.39 is 0 Å². The summed E-state index contributed by atoms with van der Waals surface area (Å²) in [7, 11) is 1.67. The third-order valence-electron chi connectivity index (χ3n) is 4.52. The molecule has 3 rings (SSSR count). The predicted octanol–water partition coefficient (Wildman–Crippen LogP) is 4.25. The number of hydrogen-bond acceptors (Lipinski definition) is 4. The minimum absolute atomic E-state index is 0.0557. The molecule has 1 amide bonds. The molecule has 0 N–H and O–H groups in total. The van der Waals surface area contributed by atoms with Crippen LogP contribution in [0.15, 0.2) is 47.4 Å². The van der Waals surface area contributed by atoms with Gasteiger partial charge in [-0.1, -0.05) is 19.1 Å². The van der Waals surface area contributed by atoms with E-state index >= 15 is 0 Å². The number of carbonyl (C=O) groups excluding carboxylic acids is 1. The van der Waals surface area contributed by atoms with Gasteiger partial charge in [0.1, 0.15) is 11.4 Å². The van der Waals surface area contributed by atoms with Gasteiger partial charge in [0.25, 0.3) is 5.91 Å². The lowest BCUT2D eigenvalue weighted by Gasteiger charge is -2.30. The molecule has 0 saturated carbocycles. The number of thioether (sulfide) groups is 1. The molecule has 1 fully saturated rings. The maximum atomic E-state index is 12.7. The standard InChI is InChI=1S/C20H24N2O2S/c1-15-9-11-22(12-10-15)20(23)19-8-3-5-16(21-19)14-25-18-7-4-6-17(13-18)24-2/h3-8,13,15H,9-12,14H2,1-2H3. The Hall–Kier alpha value is -2.01. The van der Waals surface area contributed by atoms with Gasteiger partial charge in [-0.05, 0) is 49.1 Å². The lowest BCUT2D eigenvalue weighted by molar-refractivity contribution is 0.0691. The van der Waals surface area contributed by atoms with E-state index in [0.29, 0.717) is 11.6 Å². The minimum atomic E-state index is 0.0557. The van der Waals surface area contributed by atoms with Crippen molar-refractivity contribution in [3.8, 4) is 5.75 Å². The van der Waals surface area contributed by atoms with Crippen molar-refractivity contribution in [2.24, 2.45) is 5.92 Å². The second-order valence-electron chi connectivity index (χ2n) is 6.46. The van der Waals surface area contributed by atoms with Gasteiger partial charge in [-0.3, -0.25) is 4.79 Å². The molecular formula is C20H24N2O2S. The number of likely N-dealkylation sites (tertiary alicyclic amines) is 1. The molecular weight excluding hydrogens is 332 g/mol. The van der Waals surface area contributed by atoms with Crippen LogP contribution >= 0.6 is 11.8 Å². The van der Waals surface area contributed by atoms with Crippen molar-refractivity contribution >= 4 is 17.7 Å². The number of nitrogens with zero attached hydrogens (tertiary/aromatic N) is 2. The van der Waals surface area contributed by atoms with Gasteiger partial charge in [-0.2, -0.15) is 0 Å². The van der Waals surface area contributed by atoms with Crippen molar-refractivity contribution in [1.29, 1.82) is 0 Å². The van der Waals surface area contributed by atoms with Crippen LogP contribution in [0.1, 0.15) is 35.9 Å². The molecule has 1 aliphatic heterocycles. The van der Waals surface area contributed by atoms with E-state index in [2.05, 4.69) is 18.0 Å². The van der Waals surface area contributed by atoms with Gasteiger partial charge in [0.15, 0.2) is 0 Å². The Morgan fingerprint density at radius 2 is 2.00 bits per heavy atom. The zero-order valence-corrected chi connectivity index (χ0v) is 15.6. The monoisotopic (exact) mass is 356 g/mol. The van der Waals surface area contributed by atoms with Crippen LogP contribution in [0, 0.1) is 5.92 Å². The third-order valence-corrected chi connectivity index (χ3v) is 5.55. The van der Waals surface area contributed by atoms with Crippen LogP contribution < -0.4 is 4.74 Å². The van der Waals surface area contributed by atoms with E-state index in [4.69, 9.17) is 4.74 Å². The molecule has 2 aromatic rings. The van der Waals surface area contributed by atoms with Crippen molar-refractivity contribution < 1.29 is 9.53 Å². The zero-order valence-electron chi connectivity index (χ0n) is 14.8.